The predicted octanol–water partition coefficient (Wildman–Crippen LogP) is 4.04. The maximum absolute atomic E-state index is 14.2. The molecule has 0 fully saturated rings. The number of carbonyl (C=O) groups is 2. The lowest BCUT2D eigenvalue weighted by Gasteiger charge is -2.29. The van der Waals surface area contributed by atoms with Crippen LogP contribution in [0.25, 0.3) is 0 Å². The highest BCUT2D eigenvalue weighted by Gasteiger charge is 2.28. The number of benzene rings is 1. The molecule has 1 aliphatic rings. The van der Waals surface area contributed by atoms with Gasteiger partial charge in [0.25, 0.3) is 5.91 Å². The van der Waals surface area contributed by atoms with Crippen LogP contribution >= 0.6 is 23.4 Å². The lowest BCUT2D eigenvalue weighted by Crippen LogP contribution is -2.35. The summed E-state index contributed by atoms with van der Waals surface area (Å²) in [5.74, 6) is -0.287. The number of pyridine rings is 1. The third-order valence-electron chi connectivity index (χ3n) is 4.40. The van der Waals surface area contributed by atoms with Crippen LogP contribution in [0.5, 0.6) is 0 Å². The molecule has 2 amide bonds. The molecule has 29 heavy (non-hydrogen) atoms. The van der Waals surface area contributed by atoms with Crippen LogP contribution in [-0.4, -0.2) is 22.6 Å². The van der Waals surface area contributed by atoms with E-state index in [-0.39, 0.29) is 41.0 Å². The fourth-order valence-corrected chi connectivity index (χ4v) is 4.02. The first-order chi connectivity index (χ1) is 14.0. The van der Waals surface area contributed by atoms with Gasteiger partial charge in [-0.2, -0.15) is 0 Å². The molecular weight excluding hydrogens is 417 g/mol. The molecule has 0 saturated heterocycles. The lowest BCUT2D eigenvalue weighted by atomic mass is 10.1. The number of nitrogens with one attached hydrogen (secondary N) is 1. The average Bonchev–Trinajstić information content (AvgIpc) is 3.23. The zero-order valence-corrected chi connectivity index (χ0v) is 16.6. The number of nitrogens with zero attached hydrogens (tertiary/aromatic N) is 2. The molecular formula is C20H15ClFN3O3S. The fraction of sp³-hybridized carbons (Fsp3) is 0.150. The Bertz CT molecular complexity index is 1050. The van der Waals surface area contributed by atoms with Gasteiger partial charge in [0.05, 0.1) is 35.7 Å². The van der Waals surface area contributed by atoms with Crippen molar-refractivity contribution in [3.8, 4) is 0 Å². The van der Waals surface area contributed by atoms with Gasteiger partial charge in [0.2, 0.25) is 5.91 Å². The van der Waals surface area contributed by atoms with Crippen LogP contribution in [0.3, 0.4) is 0 Å². The number of halogens is 2. The van der Waals surface area contributed by atoms with E-state index in [2.05, 4.69) is 10.3 Å². The summed E-state index contributed by atoms with van der Waals surface area (Å²) >= 11 is 7.45. The van der Waals surface area contributed by atoms with Crippen molar-refractivity contribution in [3.05, 3.63) is 76.7 Å². The number of hydrogen-bond donors (Lipinski definition) is 1. The second-order valence-electron chi connectivity index (χ2n) is 6.27. The molecule has 3 heterocycles. The van der Waals surface area contributed by atoms with Gasteiger partial charge in [-0.1, -0.05) is 17.7 Å². The quantitative estimate of drug-likeness (QED) is 0.660. The molecule has 0 aliphatic carbocycles. The number of carbonyl (C=O) groups excluding carboxylic acids is 2. The minimum atomic E-state index is -0.490. The molecule has 9 heteroatoms. The zero-order valence-electron chi connectivity index (χ0n) is 15.0. The number of anilines is 1. The van der Waals surface area contributed by atoms with Crippen molar-refractivity contribution in [2.75, 3.05) is 10.7 Å². The Kier molecular flexibility index (Phi) is 5.55. The lowest BCUT2D eigenvalue weighted by molar-refractivity contribution is -0.116. The minimum Gasteiger partial charge on any atom is -0.467 e. The zero-order chi connectivity index (χ0) is 20.4. The molecule has 1 aliphatic heterocycles. The van der Waals surface area contributed by atoms with Gasteiger partial charge in [0, 0.05) is 16.8 Å². The summed E-state index contributed by atoms with van der Waals surface area (Å²) in [5, 5.41) is 2.95. The first-order valence-electron chi connectivity index (χ1n) is 8.69. The van der Waals surface area contributed by atoms with Crippen LogP contribution in [0, 0.1) is 5.82 Å². The topological polar surface area (TPSA) is 75.4 Å². The summed E-state index contributed by atoms with van der Waals surface area (Å²) in [7, 11) is 0. The van der Waals surface area contributed by atoms with Crippen LogP contribution in [0.2, 0.25) is 5.02 Å². The smallest absolute Gasteiger partial charge is 0.270 e. The highest BCUT2D eigenvalue weighted by molar-refractivity contribution is 8.00. The summed E-state index contributed by atoms with van der Waals surface area (Å²) in [6, 6.07) is 9.39. The summed E-state index contributed by atoms with van der Waals surface area (Å²) in [5.41, 5.74) is 0.875. The molecule has 4 rings (SSSR count). The number of hydrogen-bond acceptors (Lipinski definition) is 5. The van der Waals surface area contributed by atoms with Gasteiger partial charge in [-0.05, 0) is 30.3 Å². The van der Waals surface area contributed by atoms with Gasteiger partial charge in [-0.25, -0.2) is 9.37 Å². The van der Waals surface area contributed by atoms with E-state index in [0.29, 0.717) is 11.4 Å². The molecule has 1 N–H and O–H groups in total. The maximum atomic E-state index is 14.2. The van der Waals surface area contributed by atoms with Crippen LogP contribution in [0.1, 0.15) is 21.8 Å². The molecule has 0 radical (unpaired) electrons. The Labute approximate surface area is 175 Å². The number of aromatic nitrogens is 1. The van der Waals surface area contributed by atoms with Crippen molar-refractivity contribution >= 4 is 40.9 Å². The average molecular weight is 432 g/mol. The summed E-state index contributed by atoms with van der Waals surface area (Å²) in [4.78, 5) is 31.4. The second kappa shape index (κ2) is 8.26. The third-order valence-corrected chi connectivity index (χ3v) is 5.77. The van der Waals surface area contributed by atoms with Crippen molar-refractivity contribution in [1.29, 1.82) is 0 Å². The Hall–Kier alpha value is -2.84. The first kappa shape index (κ1) is 19.5. The molecule has 0 spiro atoms. The normalized spacial score (nSPS) is 13.3. The largest absolute Gasteiger partial charge is 0.467 e. The molecule has 0 unspecified atom stereocenters. The monoisotopic (exact) mass is 431 g/mol. The van der Waals surface area contributed by atoms with Gasteiger partial charge in [0.1, 0.15) is 17.3 Å². The predicted molar refractivity (Wildman–Crippen MR) is 107 cm³/mol. The molecule has 148 valence electrons. The number of furan rings is 1. The minimum absolute atomic E-state index is 0.0324. The van der Waals surface area contributed by atoms with Crippen LogP contribution in [0.4, 0.5) is 10.1 Å². The van der Waals surface area contributed by atoms with E-state index in [0.717, 1.165) is 4.90 Å². The highest BCUT2D eigenvalue weighted by Crippen LogP contribution is 2.37. The number of rotatable bonds is 5. The van der Waals surface area contributed by atoms with E-state index < -0.39 is 11.7 Å². The molecule has 3 aromatic rings. The van der Waals surface area contributed by atoms with Crippen molar-refractivity contribution in [3.63, 3.8) is 0 Å². The van der Waals surface area contributed by atoms with Crippen molar-refractivity contribution in [2.45, 2.75) is 18.0 Å². The summed E-state index contributed by atoms with van der Waals surface area (Å²) in [6.45, 7) is 0.183. The van der Waals surface area contributed by atoms with Crippen molar-refractivity contribution < 1.29 is 18.4 Å². The molecule has 0 bridgehead atoms. The van der Waals surface area contributed by atoms with Gasteiger partial charge in [-0.15, -0.1) is 11.8 Å². The third kappa shape index (κ3) is 4.13. The summed E-state index contributed by atoms with van der Waals surface area (Å²) < 4.78 is 19.4. The SMILES string of the molecule is O=C(NCc1ccco1)c1cc2c(cn1)SCC(=O)N2Cc1c(F)cccc1Cl. The van der Waals surface area contributed by atoms with Gasteiger partial charge in [-0.3, -0.25) is 9.59 Å². The maximum Gasteiger partial charge on any atom is 0.270 e. The Balaban J connectivity index is 1.60. The van der Waals surface area contributed by atoms with Crippen LogP contribution in [0.15, 0.2) is 58.2 Å². The number of fused-ring (bicyclic) bond motifs is 1. The summed E-state index contributed by atoms with van der Waals surface area (Å²) in [6.07, 6.45) is 3.07. The number of amides is 2. The number of thioether (sulfide) groups is 1. The standard InChI is InChI=1S/C20H15ClFN3O3S/c21-14-4-1-5-15(22)13(14)10-25-17-7-16(23-9-18(17)29-11-19(25)26)20(27)24-8-12-3-2-6-28-12/h1-7,9H,8,10-11H2,(H,24,27). The van der Waals surface area contributed by atoms with E-state index >= 15 is 0 Å². The van der Waals surface area contributed by atoms with E-state index in [9.17, 15) is 14.0 Å². The van der Waals surface area contributed by atoms with E-state index in [4.69, 9.17) is 16.0 Å². The fourth-order valence-electron chi connectivity index (χ4n) is 2.92. The molecule has 0 saturated carbocycles. The Morgan fingerprint density at radius 1 is 1.34 bits per heavy atom. The van der Waals surface area contributed by atoms with Crippen LogP contribution in [-0.2, 0) is 17.9 Å². The Morgan fingerprint density at radius 2 is 2.21 bits per heavy atom. The van der Waals surface area contributed by atoms with Gasteiger partial charge < -0.3 is 14.6 Å². The van der Waals surface area contributed by atoms with E-state index in [1.807, 2.05) is 0 Å². The van der Waals surface area contributed by atoms with Crippen LogP contribution < -0.4 is 10.2 Å². The van der Waals surface area contributed by atoms with Gasteiger partial charge >= 0.3 is 0 Å². The highest BCUT2D eigenvalue weighted by atomic mass is 35.5. The first-order valence-corrected chi connectivity index (χ1v) is 10.1. The molecule has 2 aromatic heterocycles. The van der Waals surface area contributed by atoms with Crippen molar-refractivity contribution in [2.24, 2.45) is 0 Å². The Morgan fingerprint density at radius 3 is 2.97 bits per heavy atom. The molecule has 6 nitrogen and oxygen atoms in total. The molecule has 0 atom stereocenters. The van der Waals surface area contributed by atoms with Crippen molar-refractivity contribution in [1.82, 2.24) is 10.3 Å². The second-order valence-corrected chi connectivity index (χ2v) is 7.69. The van der Waals surface area contributed by atoms with E-state index in [1.54, 1.807) is 24.4 Å². The molecule has 1 aromatic carbocycles. The van der Waals surface area contributed by atoms with E-state index in [1.165, 1.54) is 41.1 Å². The van der Waals surface area contributed by atoms with Gasteiger partial charge in [0.15, 0.2) is 0 Å².